The summed E-state index contributed by atoms with van der Waals surface area (Å²) >= 11 is 7.32. The minimum atomic E-state index is -0.649. The van der Waals surface area contributed by atoms with Crippen LogP contribution in [0.15, 0.2) is 71.8 Å². The fourth-order valence-electron chi connectivity index (χ4n) is 3.29. The summed E-state index contributed by atoms with van der Waals surface area (Å²) in [6.07, 6.45) is 0. The molecule has 0 bridgehead atoms. The van der Waals surface area contributed by atoms with Crippen molar-refractivity contribution >= 4 is 40.3 Å². The van der Waals surface area contributed by atoms with Crippen LogP contribution in [0, 0.1) is 5.82 Å². The van der Waals surface area contributed by atoms with Gasteiger partial charge in [-0.3, -0.25) is 9.59 Å². The maximum Gasteiger partial charge on any atom is 0.308 e. The number of hydrazone groups is 1. The molecule has 1 heterocycles. The van der Waals surface area contributed by atoms with E-state index in [0.29, 0.717) is 15.6 Å². The quantitative estimate of drug-likeness (QED) is 0.345. The van der Waals surface area contributed by atoms with Crippen LogP contribution >= 0.6 is 23.4 Å². The van der Waals surface area contributed by atoms with Crippen LogP contribution in [0.5, 0.6) is 11.5 Å². The number of hydrogen-bond donors (Lipinski definition) is 0. The van der Waals surface area contributed by atoms with Crippen molar-refractivity contribution < 1.29 is 23.5 Å². The molecule has 0 N–H and O–H groups in total. The second-order valence-electron chi connectivity index (χ2n) is 7.01. The van der Waals surface area contributed by atoms with E-state index in [0.717, 1.165) is 5.56 Å². The molecule has 3 aromatic rings. The largest absolute Gasteiger partial charge is 0.496 e. The first-order chi connectivity index (χ1) is 15.9. The first kappa shape index (κ1) is 22.8. The maximum atomic E-state index is 13.8. The molecule has 4 rings (SSSR count). The fraction of sp³-hybridized carbons (Fsp3) is 0.125. The van der Waals surface area contributed by atoms with Gasteiger partial charge in [0.15, 0.2) is 0 Å². The summed E-state index contributed by atoms with van der Waals surface area (Å²) in [6, 6.07) is 17.6. The minimum Gasteiger partial charge on any atom is -0.496 e. The Morgan fingerprint density at radius 3 is 2.48 bits per heavy atom. The number of halogens is 2. The molecule has 33 heavy (non-hydrogen) atoms. The zero-order valence-electron chi connectivity index (χ0n) is 17.6. The molecule has 0 aliphatic carbocycles. The standard InChI is InChI=1S/C24H18ClFN2O4S/c1-14(29)32-20-6-4-3-5-18(20)23(30)28-24(19-12-11-17(26)13-21(19)31-2)33-22(27-28)15-7-9-16(25)10-8-15/h3-13,24H,1-2H3. The molecule has 0 saturated heterocycles. The molecule has 9 heteroatoms. The molecule has 1 atom stereocenters. The number of thioether (sulfide) groups is 1. The zero-order chi connectivity index (χ0) is 23.5. The van der Waals surface area contributed by atoms with Crippen LogP contribution in [-0.4, -0.2) is 29.0 Å². The van der Waals surface area contributed by atoms with Crippen LogP contribution in [0.3, 0.4) is 0 Å². The Morgan fingerprint density at radius 1 is 1.06 bits per heavy atom. The van der Waals surface area contributed by atoms with E-state index in [1.165, 1.54) is 49.0 Å². The third-order valence-corrected chi connectivity index (χ3v) is 6.25. The van der Waals surface area contributed by atoms with Gasteiger partial charge in [-0.25, -0.2) is 9.40 Å². The molecule has 1 unspecified atom stereocenters. The summed E-state index contributed by atoms with van der Waals surface area (Å²) in [6.45, 7) is 1.26. The van der Waals surface area contributed by atoms with E-state index >= 15 is 0 Å². The van der Waals surface area contributed by atoms with Crippen molar-refractivity contribution in [2.45, 2.75) is 12.3 Å². The summed E-state index contributed by atoms with van der Waals surface area (Å²) in [5.74, 6) is -1.09. The van der Waals surface area contributed by atoms with E-state index in [1.807, 2.05) is 0 Å². The van der Waals surface area contributed by atoms with E-state index in [4.69, 9.17) is 21.1 Å². The van der Waals surface area contributed by atoms with Gasteiger partial charge in [-0.1, -0.05) is 47.6 Å². The highest BCUT2D eigenvalue weighted by Gasteiger charge is 2.37. The maximum absolute atomic E-state index is 13.8. The van der Waals surface area contributed by atoms with Gasteiger partial charge in [0.2, 0.25) is 0 Å². The van der Waals surface area contributed by atoms with E-state index < -0.39 is 23.1 Å². The van der Waals surface area contributed by atoms with Crippen LogP contribution in [0.1, 0.15) is 33.8 Å². The number of ether oxygens (including phenoxy) is 2. The number of esters is 1. The average molecular weight is 485 g/mol. The highest BCUT2D eigenvalue weighted by atomic mass is 35.5. The lowest BCUT2D eigenvalue weighted by molar-refractivity contribution is -0.131. The highest BCUT2D eigenvalue weighted by molar-refractivity contribution is 8.14. The molecule has 168 valence electrons. The number of methoxy groups -OCH3 is 1. The molecule has 0 spiro atoms. The van der Waals surface area contributed by atoms with Crippen molar-refractivity contribution in [1.82, 2.24) is 5.01 Å². The normalized spacial score (nSPS) is 15.2. The number of para-hydroxylation sites is 1. The topological polar surface area (TPSA) is 68.2 Å². The van der Waals surface area contributed by atoms with Crippen LogP contribution in [0.25, 0.3) is 0 Å². The number of carbonyl (C=O) groups excluding carboxylic acids is 2. The molecule has 1 amide bonds. The monoisotopic (exact) mass is 484 g/mol. The van der Waals surface area contributed by atoms with Crippen LogP contribution in [-0.2, 0) is 4.79 Å². The van der Waals surface area contributed by atoms with Crippen LogP contribution in [0.4, 0.5) is 4.39 Å². The van der Waals surface area contributed by atoms with Gasteiger partial charge < -0.3 is 9.47 Å². The van der Waals surface area contributed by atoms with Gasteiger partial charge in [-0.2, -0.15) is 5.10 Å². The van der Waals surface area contributed by atoms with E-state index in [9.17, 15) is 14.0 Å². The summed E-state index contributed by atoms with van der Waals surface area (Å²) in [5.41, 5.74) is 1.49. The molecular weight excluding hydrogens is 467 g/mol. The Balaban J connectivity index is 1.80. The molecular formula is C24H18ClFN2O4S. The first-order valence-corrected chi connectivity index (χ1v) is 11.1. The second-order valence-corrected chi connectivity index (χ2v) is 8.51. The van der Waals surface area contributed by atoms with Gasteiger partial charge in [0.25, 0.3) is 5.91 Å². The third kappa shape index (κ3) is 4.86. The molecule has 1 aliphatic rings. The minimum absolute atomic E-state index is 0.125. The molecule has 6 nitrogen and oxygen atoms in total. The Kier molecular flexibility index (Phi) is 6.67. The van der Waals surface area contributed by atoms with Gasteiger partial charge in [-0.05, 0) is 36.4 Å². The predicted molar refractivity (Wildman–Crippen MR) is 125 cm³/mol. The molecule has 0 fully saturated rings. The first-order valence-electron chi connectivity index (χ1n) is 9.83. The van der Waals surface area contributed by atoms with Gasteiger partial charge in [0.1, 0.15) is 27.7 Å². The van der Waals surface area contributed by atoms with Crippen molar-refractivity contribution in [2.24, 2.45) is 5.10 Å². The predicted octanol–water partition coefficient (Wildman–Crippen LogP) is 5.66. The SMILES string of the molecule is COc1cc(F)ccc1C1SC(c2ccc(Cl)cc2)=NN1C(=O)c1ccccc1OC(C)=O. The molecule has 3 aromatic carbocycles. The Morgan fingerprint density at radius 2 is 1.79 bits per heavy atom. The summed E-state index contributed by atoms with van der Waals surface area (Å²) < 4.78 is 24.4. The number of benzene rings is 3. The number of hydrogen-bond acceptors (Lipinski definition) is 6. The smallest absolute Gasteiger partial charge is 0.308 e. The lowest BCUT2D eigenvalue weighted by Gasteiger charge is -2.23. The van der Waals surface area contributed by atoms with Gasteiger partial charge >= 0.3 is 5.97 Å². The summed E-state index contributed by atoms with van der Waals surface area (Å²) in [7, 11) is 1.43. The molecule has 1 aliphatic heterocycles. The lowest BCUT2D eigenvalue weighted by Crippen LogP contribution is -2.27. The number of carbonyl (C=O) groups is 2. The number of amides is 1. The van der Waals surface area contributed by atoms with Crippen molar-refractivity contribution in [3.8, 4) is 11.5 Å². The molecule has 0 saturated carbocycles. The molecule has 0 radical (unpaired) electrons. The van der Waals surface area contributed by atoms with Crippen molar-refractivity contribution in [3.05, 3.63) is 94.3 Å². The summed E-state index contributed by atoms with van der Waals surface area (Å²) in [4.78, 5) is 25.1. The average Bonchev–Trinajstić information content (AvgIpc) is 3.24. The Bertz CT molecular complexity index is 1250. The lowest BCUT2D eigenvalue weighted by atomic mass is 10.1. The van der Waals surface area contributed by atoms with Gasteiger partial charge in [0.05, 0.1) is 12.7 Å². The Labute approximate surface area is 198 Å². The Hall–Kier alpha value is -3.36. The van der Waals surface area contributed by atoms with E-state index in [1.54, 1.807) is 48.5 Å². The molecule has 0 aromatic heterocycles. The van der Waals surface area contributed by atoms with E-state index in [2.05, 4.69) is 5.10 Å². The van der Waals surface area contributed by atoms with Crippen molar-refractivity contribution in [2.75, 3.05) is 7.11 Å². The fourth-order valence-corrected chi connectivity index (χ4v) is 4.60. The van der Waals surface area contributed by atoms with Gasteiger partial charge in [-0.15, -0.1) is 0 Å². The van der Waals surface area contributed by atoms with Gasteiger partial charge in [0, 0.05) is 29.1 Å². The third-order valence-electron chi connectivity index (χ3n) is 4.78. The highest BCUT2D eigenvalue weighted by Crippen LogP contribution is 2.45. The summed E-state index contributed by atoms with van der Waals surface area (Å²) in [5, 5.41) is 6.35. The van der Waals surface area contributed by atoms with Crippen LogP contribution in [0.2, 0.25) is 5.02 Å². The van der Waals surface area contributed by atoms with Crippen molar-refractivity contribution in [1.29, 1.82) is 0 Å². The van der Waals surface area contributed by atoms with Crippen molar-refractivity contribution in [3.63, 3.8) is 0 Å². The number of rotatable bonds is 5. The van der Waals surface area contributed by atoms with E-state index in [-0.39, 0.29) is 17.1 Å². The number of nitrogens with zero attached hydrogens (tertiary/aromatic N) is 2. The second kappa shape index (κ2) is 9.64. The zero-order valence-corrected chi connectivity index (χ0v) is 19.2. The van der Waals surface area contributed by atoms with Crippen LogP contribution < -0.4 is 9.47 Å².